The van der Waals surface area contributed by atoms with E-state index >= 15 is 0 Å². The first-order valence-corrected chi connectivity index (χ1v) is 7.19. The predicted octanol–water partition coefficient (Wildman–Crippen LogP) is 4.09. The van der Waals surface area contributed by atoms with E-state index in [9.17, 15) is 9.59 Å². The summed E-state index contributed by atoms with van der Waals surface area (Å²) < 4.78 is 0. The van der Waals surface area contributed by atoms with Gasteiger partial charge in [0.25, 0.3) is 5.91 Å². The summed E-state index contributed by atoms with van der Waals surface area (Å²) >= 11 is 12.0. The molecular weight excluding hydrogens is 323 g/mol. The summed E-state index contributed by atoms with van der Waals surface area (Å²) in [5.74, 6) is -0.531. The van der Waals surface area contributed by atoms with E-state index in [4.69, 9.17) is 23.2 Å². The minimum absolute atomic E-state index is 0.00492. The van der Waals surface area contributed by atoms with E-state index in [2.05, 4.69) is 10.3 Å². The number of nitrogens with one attached hydrogen (secondary N) is 2. The Kier molecular flexibility index (Phi) is 3.88. The summed E-state index contributed by atoms with van der Waals surface area (Å²) in [6.07, 6.45) is 1.35. The number of rotatable bonds is 2. The second-order valence-corrected chi connectivity index (χ2v) is 5.44. The number of anilines is 1. The lowest BCUT2D eigenvalue weighted by Crippen LogP contribution is -2.22. The summed E-state index contributed by atoms with van der Waals surface area (Å²) in [5, 5.41) is 3.81. The summed E-state index contributed by atoms with van der Waals surface area (Å²) in [6, 6.07) is 11.8. The van der Waals surface area contributed by atoms with Crippen molar-refractivity contribution >= 4 is 45.7 Å². The number of hydrogen-bond donors (Lipinski definition) is 2. The Morgan fingerprint density at radius 2 is 1.73 bits per heavy atom. The molecule has 3 aromatic rings. The van der Waals surface area contributed by atoms with Crippen LogP contribution in [-0.4, -0.2) is 10.9 Å². The fourth-order valence-corrected chi connectivity index (χ4v) is 2.55. The van der Waals surface area contributed by atoms with E-state index in [1.165, 1.54) is 6.20 Å². The Labute approximate surface area is 135 Å². The van der Waals surface area contributed by atoms with E-state index in [0.717, 1.165) is 0 Å². The summed E-state index contributed by atoms with van der Waals surface area (Å²) in [5.41, 5.74) is 0.554. The molecule has 0 bridgehead atoms. The number of carbonyl (C=O) groups is 1. The Hall–Kier alpha value is -2.30. The van der Waals surface area contributed by atoms with Crippen LogP contribution in [0.15, 0.2) is 53.5 Å². The molecule has 22 heavy (non-hydrogen) atoms. The average Bonchev–Trinajstić information content (AvgIpc) is 2.51. The van der Waals surface area contributed by atoms with Crippen LogP contribution in [0.2, 0.25) is 10.0 Å². The van der Waals surface area contributed by atoms with Crippen molar-refractivity contribution in [3.8, 4) is 0 Å². The van der Waals surface area contributed by atoms with Crippen LogP contribution in [0, 0.1) is 0 Å². The van der Waals surface area contributed by atoms with Gasteiger partial charge in [0.1, 0.15) is 5.56 Å². The van der Waals surface area contributed by atoms with Crippen LogP contribution in [0.3, 0.4) is 0 Å². The van der Waals surface area contributed by atoms with Crippen LogP contribution in [0.5, 0.6) is 0 Å². The molecule has 4 nitrogen and oxygen atoms in total. The minimum Gasteiger partial charge on any atom is -0.359 e. The molecular formula is C16H10Cl2N2O2. The second-order valence-electron chi connectivity index (χ2n) is 4.63. The molecule has 0 aliphatic heterocycles. The fourth-order valence-electron chi connectivity index (χ4n) is 2.14. The van der Waals surface area contributed by atoms with Gasteiger partial charge in [-0.25, -0.2) is 0 Å². The maximum atomic E-state index is 12.4. The minimum atomic E-state index is -0.531. The Morgan fingerprint density at radius 1 is 1.00 bits per heavy atom. The van der Waals surface area contributed by atoms with E-state index in [1.807, 2.05) is 0 Å². The van der Waals surface area contributed by atoms with Gasteiger partial charge >= 0.3 is 0 Å². The second kappa shape index (κ2) is 5.83. The first-order valence-electron chi connectivity index (χ1n) is 6.43. The lowest BCUT2D eigenvalue weighted by Gasteiger charge is -2.07. The Morgan fingerprint density at radius 3 is 2.50 bits per heavy atom. The molecule has 2 aromatic carbocycles. The lowest BCUT2D eigenvalue weighted by atomic mass is 10.1. The van der Waals surface area contributed by atoms with Crippen molar-refractivity contribution in [3.05, 3.63) is 74.5 Å². The molecule has 1 aromatic heterocycles. The van der Waals surface area contributed by atoms with E-state index < -0.39 is 5.91 Å². The highest BCUT2D eigenvalue weighted by atomic mass is 35.5. The van der Waals surface area contributed by atoms with Gasteiger partial charge in [0.15, 0.2) is 0 Å². The molecule has 3 rings (SSSR count). The number of hydrogen-bond acceptors (Lipinski definition) is 2. The summed E-state index contributed by atoms with van der Waals surface area (Å²) in [4.78, 5) is 27.6. The van der Waals surface area contributed by atoms with Crippen LogP contribution in [0.25, 0.3) is 10.9 Å². The van der Waals surface area contributed by atoms with Crippen molar-refractivity contribution < 1.29 is 4.79 Å². The van der Waals surface area contributed by atoms with Gasteiger partial charge in [-0.1, -0.05) is 41.4 Å². The molecule has 0 spiro atoms. The maximum Gasteiger partial charge on any atom is 0.261 e. The van der Waals surface area contributed by atoms with Crippen molar-refractivity contribution in [1.29, 1.82) is 0 Å². The molecule has 110 valence electrons. The zero-order valence-electron chi connectivity index (χ0n) is 11.2. The number of benzene rings is 2. The van der Waals surface area contributed by atoms with Crippen LogP contribution >= 0.6 is 23.2 Å². The van der Waals surface area contributed by atoms with Crippen LogP contribution in [0.4, 0.5) is 5.69 Å². The molecule has 0 saturated heterocycles. The highest BCUT2D eigenvalue weighted by Crippen LogP contribution is 2.22. The SMILES string of the molecule is O=C(Nc1ccccc1Cl)c1c[nH]c2c(Cl)cccc2c1=O. The smallest absolute Gasteiger partial charge is 0.261 e. The number of pyridine rings is 1. The number of aromatic amines is 1. The quantitative estimate of drug-likeness (QED) is 0.742. The Bertz CT molecular complexity index is 935. The molecule has 0 atom stereocenters. The summed E-state index contributed by atoms with van der Waals surface area (Å²) in [6.45, 7) is 0. The highest BCUT2D eigenvalue weighted by molar-refractivity contribution is 6.35. The lowest BCUT2D eigenvalue weighted by molar-refractivity contribution is 0.102. The summed E-state index contributed by atoms with van der Waals surface area (Å²) in [7, 11) is 0. The highest BCUT2D eigenvalue weighted by Gasteiger charge is 2.15. The number of halogens is 2. The van der Waals surface area contributed by atoms with Crippen LogP contribution in [-0.2, 0) is 0 Å². The molecule has 1 amide bonds. The molecule has 0 saturated carbocycles. The predicted molar refractivity (Wildman–Crippen MR) is 89.0 cm³/mol. The van der Waals surface area contributed by atoms with Gasteiger partial charge in [0.2, 0.25) is 5.43 Å². The van der Waals surface area contributed by atoms with Crippen LogP contribution in [0.1, 0.15) is 10.4 Å². The largest absolute Gasteiger partial charge is 0.359 e. The molecule has 0 aliphatic rings. The standard InChI is InChI=1S/C16H10Cl2N2O2/c17-11-5-1-2-7-13(11)20-16(22)10-8-19-14-9(15(10)21)4-3-6-12(14)18/h1-8H,(H,19,21)(H,20,22). The number of carbonyl (C=O) groups excluding carboxylic acids is 1. The first-order chi connectivity index (χ1) is 10.6. The van der Waals surface area contributed by atoms with E-state index in [0.29, 0.717) is 26.6 Å². The Balaban J connectivity index is 2.04. The van der Waals surface area contributed by atoms with Gasteiger partial charge in [-0.3, -0.25) is 9.59 Å². The molecule has 0 unspecified atom stereocenters. The average molecular weight is 333 g/mol. The van der Waals surface area contributed by atoms with E-state index in [1.54, 1.807) is 42.5 Å². The number of para-hydroxylation sites is 2. The fraction of sp³-hybridized carbons (Fsp3) is 0. The zero-order valence-corrected chi connectivity index (χ0v) is 12.7. The van der Waals surface area contributed by atoms with Gasteiger partial charge < -0.3 is 10.3 Å². The monoisotopic (exact) mass is 332 g/mol. The number of fused-ring (bicyclic) bond motifs is 1. The normalized spacial score (nSPS) is 10.6. The number of aromatic nitrogens is 1. The van der Waals surface area contributed by atoms with Crippen molar-refractivity contribution in [2.45, 2.75) is 0 Å². The molecule has 0 fully saturated rings. The molecule has 2 N–H and O–H groups in total. The van der Waals surface area contributed by atoms with Gasteiger partial charge in [0, 0.05) is 11.6 Å². The maximum absolute atomic E-state index is 12.4. The molecule has 6 heteroatoms. The molecule has 0 aliphatic carbocycles. The topological polar surface area (TPSA) is 62.0 Å². The third-order valence-electron chi connectivity index (χ3n) is 3.23. The molecule has 0 radical (unpaired) electrons. The van der Waals surface area contributed by atoms with Gasteiger partial charge in [-0.05, 0) is 24.3 Å². The van der Waals surface area contributed by atoms with Crippen molar-refractivity contribution in [1.82, 2.24) is 4.98 Å². The third-order valence-corrected chi connectivity index (χ3v) is 3.87. The van der Waals surface area contributed by atoms with Gasteiger partial charge in [-0.2, -0.15) is 0 Å². The first kappa shape index (κ1) is 14.6. The van der Waals surface area contributed by atoms with Crippen LogP contribution < -0.4 is 10.7 Å². The van der Waals surface area contributed by atoms with E-state index in [-0.39, 0.29) is 11.0 Å². The van der Waals surface area contributed by atoms with Crippen molar-refractivity contribution in [3.63, 3.8) is 0 Å². The number of amides is 1. The zero-order chi connectivity index (χ0) is 15.7. The van der Waals surface area contributed by atoms with Crippen molar-refractivity contribution in [2.75, 3.05) is 5.32 Å². The molecule has 1 heterocycles. The number of H-pyrrole nitrogens is 1. The van der Waals surface area contributed by atoms with Gasteiger partial charge in [0.05, 0.1) is 21.2 Å². The van der Waals surface area contributed by atoms with Crippen molar-refractivity contribution in [2.24, 2.45) is 0 Å². The third kappa shape index (κ3) is 2.58. The van der Waals surface area contributed by atoms with Gasteiger partial charge in [-0.15, -0.1) is 0 Å².